The Balaban J connectivity index is 2.72. The Bertz CT molecular complexity index is 477. The highest BCUT2D eigenvalue weighted by atomic mass is 16.2. The van der Waals surface area contributed by atoms with Gasteiger partial charge in [-0.3, -0.25) is 9.48 Å². The fourth-order valence-corrected chi connectivity index (χ4v) is 2.55. The van der Waals surface area contributed by atoms with Crippen LogP contribution in [0.15, 0.2) is 0 Å². The maximum absolute atomic E-state index is 12.2. The molecule has 0 aliphatic heterocycles. The van der Waals surface area contributed by atoms with Gasteiger partial charge in [-0.05, 0) is 45.1 Å². The van der Waals surface area contributed by atoms with Crippen molar-refractivity contribution in [2.45, 2.75) is 73.4 Å². The summed E-state index contributed by atoms with van der Waals surface area (Å²) in [7, 11) is 1.90. The van der Waals surface area contributed by atoms with E-state index in [-0.39, 0.29) is 5.91 Å². The maximum atomic E-state index is 12.2. The zero-order valence-electron chi connectivity index (χ0n) is 14.7. The lowest BCUT2D eigenvalue weighted by Gasteiger charge is -2.23. The predicted octanol–water partition coefficient (Wildman–Crippen LogP) is 3.35. The highest BCUT2D eigenvalue weighted by molar-refractivity contribution is 5.76. The fraction of sp³-hybridized carbons (Fsp3) is 0.765. The van der Waals surface area contributed by atoms with Gasteiger partial charge in [0, 0.05) is 31.7 Å². The van der Waals surface area contributed by atoms with Crippen LogP contribution in [0.1, 0.15) is 57.5 Å². The standard InChI is InChI=1S/C17H31N3O/c1-8-13(4)19(7)17(21)10-9-16-14(5)18-20(15(16)6)11-12(2)3/h12-13H,8-11H2,1-7H3. The Morgan fingerprint density at radius 3 is 2.43 bits per heavy atom. The van der Waals surface area contributed by atoms with E-state index < -0.39 is 0 Å². The van der Waals surface area contributed by atoms with Crippen molar-refractivity contribution < 1.29 is 4.79 Å². The average Bonchev–Trinajstić information content (AvgIpc) is 2.68. The molecule has 4 heteroatoms. The molecule has 1 aromatic heterocycles. The van der Waals surface area contributed by atoms with Gasteiger partial charge in [-0.2, -0.15) is 5.10 Å². The number of nitrogens with zero attached hydrogens (tertiary/aromatic N) is 3. The van der Waals surface area contributed by atoms with Crippen molar-refractivity contribution in [2.24, 2.45) is 5.92 Å². The van der Waals surface area contributed by atoms with Crippen LogP contribution in [0, 0.1) is 19.8 Å². The highest BCUT2D eigenvalue weighted by Gasteiger charge is 2.17. The normalized spacial score (nSPS) is 12.8. The van der Waals surface area contributed by atoms with Crippen LogP contribution in [0.2, 0.25) is 0 Å². The second kappa shape index (κ2) is 7.62. The van der Waals surface area contributed by atoms with Crippen LogP contribution in [0.3, 0.4) is 0 Å². The van der Waals surface area contributed by atoms with E-state index in [2.05, 4.69) is 44.4 Å². The van der Waals surface area contributed by atoms with E-state index in [9.17, 15) is 4.79 Å². The molecule has 0 N–H and O–H groups in total. The first-order valence-corrected chi connectivity index (χ1v) is 8.06. The summed E-state index contributed by atoms with van der Waals surface area (Å²) in [6.45, 7) is 13.7. The summed E-state index contributed by atoms with van der Waals surface area (Å²) in [6.07, 6.45) is 2.35. The average molecular weight is 293 g/mol. The summed E-state index contributed by atoms with van der Waals surface area (Å²) in [5.41, 5.74) is 3.51. The van der Waals surface area contributed by atoms with Gasteiger partial charge in [0.15, 0.2) is 0 Å². The van der Waals surface area contributed by atoms with Crippen LogP contribution in [-0.4, -0.2) is 33.7 Å². The number of carbonyl (C=O) groups excluding carboxylic acids is 1. The molecule has 0 fully saturated rings. The molecule has 0 saturated carbocycles. The summed E-state index contributed by atoms with van der Waals surface area (Å²) >= 11 is 0. The number of carbonyl (C=O) groups is 1. The highest BCUT2D eigenvalue weighted by Crippen LogP contribution is 2.17. The molecule has 0 spiro atoms. The molecule has 4 nitrogen and oxygen atoms in total. The third-order valence-electron chi connectivity index (χ3n) is 4.30. The summed E-state index contributed by atoms with van der Waals surface area (Å²) in [5.74, 6) is 0.800. The van der Waals surface area contributed by atoms with Crippen LogP contribution in [0.4, 0.5) is 0 Å². The van der Waals surface area contributed by atoms with Gasteiger partial charge >= 0.3 is 0 Å². The topological polar surface area (TPSA) is 38.1 Å². The van der Waals surface area contributed by atoms with Crippen molar-refractivity contribution in [2.75, 3.05) is 7.05 Å². The largest absolute Gasteiger partial charge is 0.343 e. The van der Waals surface area contributed by atoms with Crippen LogP contribution >= 0.6 is 0 Å². The molecule has 1 rings (SSSR count). The number of rotatable bonds is 7. The molecule has 0 radical (unpaired) electrons. The molecule has 1 heterocycles. The smallest absolute Gasteiger partial charge is 0.222 e. The van der Waals surface area contributed by atoms with E-state index in [1.807, 2.05) is 18.9 Å². The predicted molar refractivity (Wildman–Crippen MR) is 87.4 cm³/mol. The van der Waals surface area contributed by atoms with E-state index in [1.165, 1.54) is 11.3 Å². The fourth-order valence-electron chi connectivity index (χ4n) is 2.55. The molecule has 0 saturated heterocycles. The molecular formula is C17H31N3O. The van der Waals surface area contributed by atoms with E-state index >= 15 is 0 Å². The minimum absolute atomic E-state index is 0.222. The zero-order valence-corrected chi connectivity index (χ0v) is 14.7. The molecule has 0 bridgehead atoms. The van der Waals surface area contributed by atoms with Gasteiger partial charge in [0.05, 0.1) is 5.69 Å². The third-order valence-corrected chi connectivity index (χ3v) is 4.30. The van der Waals surface area contributed by atoms with Crippen molar-refractivity contribution in [3.8, 4) is 0 Å². The number of hydrogen-bond donors (Lipinski definition) is 0. The lowest BCUT2D eigenvalue weighted by Crippen LogP contribution is -2.34. The van der Waals surface area contributed by atoms with Crippen molar-refractivity contribution in [3.05, 3.63) is 17.0 Å². The van der Waals surface area contributed by atoms with E-state index in [0.717, 1.165) is 25.1 Å². The maximum Gasteiger partial charge on any atom is 0.222 e. The molecule has 0 aliphatic carbocycles. The summed E-state index contributed by atoms with van der Waals surface area (Å²) < 4.78 is 2.08. The third kappa shape index (κ3) is 4.58. The Morgan fingerprint density at radius 2 is 1.90 bits per heavy atom. The zero-order chi connectivity index (χ0) is 16.2. The van der Waals surface area contributed by atoms with E-state index in [0.29, 0.717) is 18.4 Å². The van der Waals surface area contributed by atoms with Crippen LogP contribution in [-0.2, 0) is 17.8 Å². The van der Waals surface area contributed by atoms with Crippen molar-refractivity contribution in [1.29, 1.82) is 0 Å². The molecule has 0 aromatic carbocycles. The van der Waals surface area contributed by atoms with Crippen LogP contribution in [0.25, 0.3) is 0 Å². The number of hydrogen-bond acceptors (Lipinski definition) is 2. The molecule has 1 aromatic rings. The Labute approximate surface area is 129 Å². The lowest BCUT2D eigenvalue weighted by molar-refractivity contribution is -0.131. The monoisotopic (exact) mass is 293 g/mol. The quantitative estimate of drug-likeness (QED) is 0.773. The van der Waals surface area contributed by atoms with E-state index in [1.54, 1.807) is 0 Å². The molecule has 1 atom stereocenters. The summed E-state index contributed by atoms with van der Waals surface area (Å²) in [4.78, 5) is 14.1. The molecule has 120 valence electrons. The first-order chi connectivity index (χ1) is 9.77. The first kappa shape index (κ1) is 17.7. The van der Waals surface area contributed by atoms with Crippen molar-refractivity contribution in [1.82, 2.24) is 14.7 Å². The van der Waals surface area contributed by atoms with Gasteiger partial charge in [0.25, 0.3) is 0 Å². The lowest BCUT2D eigenvalue weighted by atomic mass is 10.1. The minimum atomic E-state index is 0.222. The van der Waals surface area contributed by atoms with Crippen molar-refractivity contribution >= 4 is 5.91 Å². The number of aromatic nitrogens is 2. The second-order valence-corrected chi connectivity index (χ2v) is 6.49. The van der Waals surface area contributed by atoms with Crippen LogP contribution in [0.5, 0.6) is 0 Å². The number of amides is 1. The first-order valence-electron chi connectivity index (χ1n) is 8.06. The van der Waals surface area contributed by atoms with Gasteiger partial charge in [-0.15, -0.1) is 0 Å². The molecule has 1 unspecified atom stereocenters. The second-order valence-electron chi connectivity index (χ2n) is 6.49. The van der Waals surface area contributed by atoms with Crippen LogP contribution < -0.4 is 0 Å². The Kier molecular flexibility index (Phi) is 6.43. The summed E-state index contributed by atoms with van der Waals surface area (Å²) in [5, 5.41) is 4.62. The van der Waals surface area contributed by atoms with Gasteiger partial charge in [-0.1, -0.05) is 20.8 Å². The minimum Gasteiger partial charge on any atom is -0.343 e. The van der Waals surface area contributed by atoms with Gasteiger partial charge in [-0.25, -0.2) is 0 Å². The molecule has 0 aliphatic rings. The molecule has 21 heavy (non-hydrogen) atoms. The van der Waals surface area contributed by atoms with Gasteiger partial charge < -0.3 is 4.90 Å². The van der Waals surface area contributed by atoms with Gasteiger partial charge in [0.1, 0.15) is 0 Å². The summed E-state index contributed by atoms with van der Waals surface area (Å²) in [6, 6.07) is 0.309. The molecule has 1 amide bonds. The Morgan fingerprint density at radius 1 is 1.29 bits per heavy atom. The van der Waals surface area contributed by atoms with Gasteiger partial charge in [0.2, 0.25) is 5.91 Å². The SMILES string of the molecule is CCC(C)N(C)C(=O)CCc1c(C)nn(CC(C)C)c1C. The Hall–Kier alpha value is -1.32. The van der Waals surface area contributed by atoms with E-state index in [4.69, 9.17) is 0 Å². The molecular weight excluding hydrogens is 262 g/mol. The number of aryl methyl sites for hydroxylation is 1. The van der Waals surface area contributed by atoms with Crippen molar-refractivity contribution in [3.63, 3.8) is 0 Å².